The summed E-state index contributed by atoms with van der Waals surface area (Å²) < 4.78 is 1.25. The molecule has 1 aliphatic rings. The van der Waals surface area contributed by atoms with Gasteiger partial charge < -0.3 is 10.1 Å². The molecule has 2 aromatic heterocycles. The average molecular weight is 330 g/mol. The molecule has 3 heterocycles. The molecule has 0 saturated carbocycles. The lowest BCUT2D eigenvalue weighted by atomic mass is 10.1. The van der Waals surface area contributed by atoms with E-state index < -0.39 is 0 Å². The zero-order valence-corrected chi connectivity index (χ0v) is 13.4. The van der Waals surface area contributed by atoms with Crippen molar-refractivity contribution >= 4 is 33.3 Å². The van der Waals surface area contributed by atoms with E-state index in [1.807, 2.05) is 23.9 Å². The third-order valence-electron chi connectivity index (χ3n) is 3.78. The number of thiophene rings is 1. The normalized spacial score (nSPS) is 14.2. The summed E-state index contributed by atoms with van der Waals surface area (Å²) in [5.41, 5.74) is 2.16. The highest BCUT2D eigenvalue weighted by molar-refractivity contribution is 8.01. The molecule has 0 atom stereocenters. The summed E-state index contributed by atoms with van der Waals surface area (Å²) in [4.78, 5) is 20.8. The van der Waals surface area contributed by atoms with Crippen molar-refractivity contribution in [3.8, 4) is 5.75 Å². The molecule has 112 valence electrons. The quantitative estimate of drug-likeness (QED) is 0.756. The molecule has 2 N–H and O–H groups in total. The number of aromatic nitrogens is 2. The number of nitrogens with one attached hydrogen (secondary N) is 1. The maximum absolute atomic E-state index is 12.4. The Labute approximate surface area is 135 Å². The van der Waals surface area contributed by atoms with E-state index in [-0.39, 0.29) is 11.3 Å². The Bertz CT molecular complexity index is 897. The highest BCUT2D eigenvalue weighted by atomic mass is 32.2. The van der Waals surface area contributed by atoms with Gasteiger partial charge in [0.15, 0.2) is 0 Å². The first-order chi connectivity index (χ1) is 10.7. The zero-order valence-electron chi connectivity index (χ0n) is 11.8. The Balaban J connectivity index is 1.77. The molecule has 0 amide bonds. The lowest BCUT2D eigenvalue weighted by Gasteiger charge is -2.09. The maximum Gasteiger partial charge on any atom is 0.259 e. The second-order valence-corrected chi connectivity index (χ2v) is 7.72. The standard InChI is InChI=1S/C16H14N2O2S2/c19-10-5-3-9(4-6-10)8-12-17-14(20)13-11-2-1-7-21-16(11)22-15(13)18-12/h3-6,19H,1-2,7-8H2,(H,17,18,20). The smallest absolute Gasteiger partial charge is 0.259 e. The highest BCUT2D eigenvalue weighted by Crippen LogP contribution is 2.40. The molecule has 0 unspecified atom stereocenters. The number of aromatic hydroxyl groups is 1. The minimum absolute atomic E-state index is 0.0289. The molecule has 0 spiro atoms. The summed E-state index contributed by atoms with van der Waals surface area (Å²) in [7, 11) is 0. The Morgan fingerprint density at radius 3 is 2.91 bits per heavy atom. The molecule has 0 aliphatic carbocycles. The van der Waals surface area contributed by atoms with Crippen LogP contribution in [0.3, 0.4) is 0 Å². The van der Waals surface area contributed by atoms with Crippen molar-refractivity contribution in [1.29, 1.82) is 0 Å². The van der Waals surface area contributed by atoms with Gasteiger partial charge >= 0.3 is 0 Å². The van der Waals surface area contributed by atoms with E-state index >= 15 is 0 Å². The molecule has 1 aliphatic heterocycles. The maximum atomic E-state index is 12.4. The summed E-state index contributed by atoms with van der Waals surface area (Å²) in [5, 5.41) is 10.1. The van der Waals surface area contributed by atoms with Gasteiger partial charge in [0, 0.05) is 6.42 Å². The molecule has 22 heavy (non-hydrogen) atoms. The van der Waals surface area contributed by atoms with Crippen LogP contribution in [-0.2, 0) is 12.8 Å². The van der Waals surface area contributed by atoms with Gasteiger partial charge in [-0.1, -0.05) is 12.1 Å². The first-order valence-corrected chi connectivity index (χ1v) is 8.96. The van der Waals surface area contributed by atoms with E-state index in [0.29, 0.717) is 12.2 Å². The van der Waals surface area contributed by atoms with Crippen LogP contribution >= 0.6 is 23.1 Å². The summed E-state index contributed by atoms with van der Waals surface area (Å²) in [6.07, 6.45) is 2.66. The van der Waals surface area contributed by atoms with Crippen LogP contribution in [0.1, 0.15) is 23.4 Å². The molecule has 6 heteroatoms. The molecule has 3 aromatic rings. The SMILES string of the molecule is O=c1[nH]c(Cc2ccc(O)cc2)nc2sc3c(c12)CCCS3. The summed E-state index contributed by atoms with van der Waals surface area (Å²) in [6.45, 7) is 0. The first-order valence-electron chi connectivity index (χ1n) is 7.16. The van der Waals surface area contributed by atoms with Crippen molar-refractivity contribution in [2.24, 2.45) is 0 Å². The molecule has 1 aromatic carbocycles. The minimum atomic E-state index is -0.0289. The fourth-order valence-electron chi connectivity index (χ4n) is 2.74. The predicted octanol–water partition coefficient (Wildman–Crippen LogP) is 3.32. The second kappa shape index (κ2) is 5.44. The Hall–Kier alpha value is -1.79. The van der Waals surface area contributed by atoms with Gasteiger partial charge in [-0.05, 0) is 41.9 Å². The van der Waals surface area contributed by atoms with Gasteiger partial charge in [-0.25, -0.2) is 4.98 Å². The lowest BCUT2D eigenvalue weighted by molar-refractivity contribution is 0.475. The number of phenolic OH excluding ortho intramolecular Hbond substituents is 1. The summed E-state index contributed by atoms with van der Waals surface area (Å²) >= 11 is 3.47. The van der Waals surface area contributed by atoms with E-state index in [2.05, 4.69) is 9.97 Å². The Morgan fingerprint density at radius 1 is 1.27 bits per heavy atom. The van der Waals surface area contributed by atoms with Crippen LogP contribution < -0.4 is 5.56 Å². The van der Waals surface area contributed by atoms with Crippen LogP contribution in [0.5, 0.6) is 5.75 Å². The Kier molecular flexibility index (Phi) is 3.43. The molecule has 0 bridgehead atoms. The monoisotopic (exact) mass is 330 g/mol. The molecule has 4 nitrogen and oxygen atoms in total. The van der Waals surface area contributed by atoms with Crippen molar-refractivity contribution in [3.05, 3.63) is 51.6 Å². The van der Waals surface area contributed by atoms with Gasteiger partial charge in [-0.3, -0.25) is 4.79 Å². The summed E-state index contributed by atoms with van der Waals surface area (Å²) in [6, 6.07) is 6.97. The fraction of sp³-hybridized carbons (Fsp3) is 0.250. The van der Waals surface area contributed by atoms with E-state index in [4.69, 9.17) is 0 Å². The number of H-pyrrole nitrogens is 1. The number of hydrogen-bond donors (Lipinski definition) is 2. The van der Waals surface area contributed by atoms with Gasteiger partial charge in [0.2, 0.25) is 0 Å². The van der Waals surface area contributed by atoms with E-state index in [9.17, 15) is 9.90 Å². The van der Waals surface area contributed by atoms with Gasteiger partial charge in [0.25, 0.3) is 5.56 Å². The van der Waals surface area contributed by atoms with Gasteiger partial charge in [-0.15, -0.1) is 23.1 Å². The van der Waals surface area contributed by atoms with E-state index in [0.717, 1.165) is 34.4 Å². The second-order valence-electron chi connectivity index (χ2n) is 5.36. The number of aromatic amines is 1. The third kappa shape index (κ3) is 2.42. The zero-order chi connectivity index (χ0) is 15.1. The van der Waals surface area contributed by atoms with Crippen molar-refractivity contribution in [2.75, 3.05) is 5.75 Å². The van der Waals surface area contributed by atoms with Crippen LogP contribution in [-0.4, -0.2) is 20.8 Å². The molecule has 0 fully saturated rings. The number of hydrogen-bond acceptors (Lipinski definition) is 5. The Morgan fingerprint density at radius 2 is 2.09 bits per heavy atom. The average Bonchev–Trinajstić information content (AvgIpc) is 2.88. The van der Waals surface area contributed by atoms with Gasteiger partial charge in [0.05, 0.1) is 9.60 Å². The van der Waals surface area contributed by atoms with Crippen LogP contribution in [0.15, 0.2) is 33.3 Å². The van der Waals surface area contributed by atoms with Crippen LogP contribution in [0.2, 0.25) is 0 Å². The largest absolute Gasteiger partial charge is 0.508 e. The van der Waals surface area contributed by atoms with Crippen molar-refractivity contribution in [2.45, 2.75) is 23.5 Å². The molecule has 0 saturated heterocycles. The van der Waals surface area contributed by atoms with Crippen molar-refractivity contribution < 1.29 is 5.11 Å². The molecular weight excluding hydrogens is 316 g/mol. The van der Waals surface area contributed by atoms with Crippen LogP contribution in [0.4, 0.5) is 0 Å². The summed E-state index contributed by atoms with van der Waals surface area (Å²) in [5.74, 6) is 2.04. The van der Waals surface area contributed by atoms with E-state index in [1.165, 1.54) is 9.77 Å². The highest BCUT2D eigenvalue weighted by Gasteiger charge is 2.20. The minimum Gasteiger partial charge on any atom is -0.508 e. The van der Waals surface area contributed by atoms with Crippen molar-refractivity contribution in [3.63, 3.8) is 0 Å². The van der Waals surface area contributed by atoms with Crippen LogP contribution in [0.25, 0.3) is 10.2 Å². The first kappa shape index (κ1) is 13.8. The van der Waals surface area contributed by atoms with Crippen molar-refractivity contribution in [1.82, 2.24) is 9.97 Å². The third-order valence-corrected chi connectivity index (χ3v) is 6.31. The number of rotatable bonds is 2. The van der Waals surface area contributed by atoms with Gasteiger partial charge in [0.1, 0.15) is 16.4 Å². The number of thioether (sulfide) groups is 1. The fourth-order valence-corrected chi connectivity index (χ4v) is 5.29. The molecule has 4 rings (SSSR count). The number of fused-ring (bicyclic) bond motifs is 3. The number of phenols is 1. The van der Waals surface area contributed by atoms with Gasteiger partial charge in [-0.2, -0.15) is 0 Å². The molecular formula is C16H14N2O2S2. The predicted molar refractivity (Wildman–Crippen MR) is 90.2 cm³/mol. The van der Waals surface area contributed by atoms with Crippen LogP contribution in [0, 0.1) is 0 Å². The number of nitrogens with zero attached hydrogens (tertiary/aromatic N) is 1. The number of aryl methyl sites for hydroxylation is 1. The lowest BCUT2D eigenvalue weighted by Crippen LogP contribution is -2.13. The topological polar surface area (TPSA) is 66.0 Å². The number of benzene rings is 1. The molecule has 0 radical (unpaired) electrons. The van der Waals surface area contributed by atoms with E-state index in [1.54, 1.807) is 23.5 Å².